The quantitative estimate of drug-likeness (QED) is 0.353. The molecule has 0 fully saturated rings. The second-order valence-corrected chi connectivity index (χ2v) is 8.10. The molecule has 2 N–H and O–H groups in total. The number of nitrogens with zero attached hydrogens (tertiary/aromatic N) is 1. The largest absolute Gasteiger partial charge is 0.496 e. The van der Waals surface area contributed by atoms with E-state index in [1.54, 1.807) is 6.07 Å². The third kappa shape index (κ3) is 4.60. The Morgan fingerprint density at radius 1 is 1.13 bits per heavy atom. The van der Waals surface area contributed by atoms with Gasteiger partial charge in [-0.3, -0.25) is 10.1 Å². The fourth-order valence-electron chi connectivity index (χ4n) is 3.21. The van der Waals surface area contributed by atoms with Crippen molar-refractivity contribution in [3.63, 3.8) is 0 Å². The van der Waals surface area contributed by atoms with Crippen LogP contribution in [0.2, 0.25) is 0 Å². The number of aromatic nitrogens is 1. The van der Waals surface area contributed by atoms with Crippen molar-refractivity contribution in [2.45, 2.75) is 6.92 Å². The number of carbonyl (C=O) groups excluding carboxylic acids is 1. The Bertz CT molecular complexity index is 1290. The van der Waals surface area contributed by atoms with Gasteiger partial charge in [-0.2, -0.15) is 0 Å². The standard InChI is InChI=1S/C23H18BrN3O3S/c1-13-10-15(24)11-17(20(13)29-2)21(28)27-23(31)25-16-8-9-19-18(12-16)26-22(30-19)14-6-4-3-5-7-14/h3-12H,1-2H3,(H2,25,27,28,31). The van der Waals surface area contributed by atoms with E-state index in [-0.39, 0.29) is 11.0 Å². The first-order valence-corrected chi connectivity index (χ1v) is 10.6. The number of rotatable bonds is 4. The summed E-state index contributed by atoms with van der Waals surface area (Å²) in [6.07, 6.45) is 0. The molecule has 1 amide bonds. The molecule has 0 atom stereocenters. The van der Waals surface area contributed by atoms with E-state index in [2.05, 4.69) is 31.5 Å². The summed E-state index contributed by atoms with van der Waals surface area (Å²) in [6.45, 7) is 1.87. The van der Waals surface area contributed by atoms with Gasteiger partial charge in [0.05, 0.1) is 12.7 Å². The molecule has 6 nitrogen and oxygen atoms in total. The van der Waals surface area contributed by atoms with Crippen molar-refractivity contribution in [2.24, 2.45) is 0 Å². The first-order chi connectivity index (χ1) is 14.9. The van der Waals surface area contributed by atoms with E-state index in [9.17, 15) is 4.79 Å². The molecule has 0 aliphatic heterocycles. The van der Waals surface area contributed by atoms with Gasteiger partial charge in [-0.05, 0) is 67.2 Å². The minimum atomic E-state index is -0.368. The van der Waals surface area contributed by atoms with E-state index in [0.717, 1.165) is 15.6 Å². The smallest absolute Gasteiger partial charge is 0.261 e. The van der Waals surface area contributed by atoms with Crippen LogP contribution in [0.1, 0.15) is 15.9 Å². The highest BCUT2D eigenvalue weighted by Gasteiger charge is 2.17. The molecule has 31 heavy (non-hydrogen) atoms. The van der Waals surface area contributed by atoms with E-state index >= 15 is 0 Å². The van der Waals surface area contributed by atoms with Gasteiger partial charge in [-0.15, -0.1) is 0 Å². The summed E-state index contributed by atoms with van der Waals surface area (Å²) in [7, 11) is 1.53. The van der Waals surface area contributed by atoms with Gasteiger partial charge in [0.2, 0.25) is 5.89 Å². The molecule has 1 aromatic heterocycles. The minimum Gasteiger partial charge on any atom is -0.496 e. The van der Waals surface area contributed by atoms with E-state index in [1.807, 2.05) is 61.5 Å². The highest BCUT2D eigenvalue weighted by atomic mass is 79.9. The summed E-state index contributed by atoms with van der Waals surface area (Å²) in [6, 6.07) is 18.7. The number of thiocarbonyl (C=S) groups is 1. The van der Waals surface area contributed by atoms with Gasteiger partial charge in [0.25, 0.3) is 5.91 Å². The fourth-order valence-corrected chi connectivity index (χ4v) is 3.99. The molecule has 8 heteroatoms. The summed E-state index contributed by atoms with van der Waals surface area (Å²) in [4.78, 5) is 17.3. The molecule has 1 heterocycles. The van der Waals surface area contributed by atoms with Crippen molar-refractivity contribution in [3.05, 3.63) is 76.3 Å². The third-order valence-electron chi connectivity index (χ3n) is 4.58. The third-order valence-corrected chi connectivity index (χ3v) is 5.24. The van der Waals surface area contributed by atoms with Crippen LogP contribution in [0, 0.1) is 6.92 Å². The highest BCUT2D eigenvalue weighted by molar-refractivity contribution is 9.10. The van der Waals surface area contributed by atoms with E-state index in [4.69, 9.17) is 21.4 Å². The number of benzene rings is 3. The van der Waals surface area contributed by atoms with Gasteiger partial charge in [0.1, 0.15) is 11.3 Å². The molecule has 3 aromatic carbocycles. The van der Waals surface area contributed by atoms with Crippen LogP contribution in [0.15, 0.2) is 69.6 Å². The maximum Gasteiger partial charge on any atom is 0.261 e. The Balaban J connectivity index is 1.50. The molecule has 4 aromatic rings. The summed E-state index contributed by atoms with van der Waals surface area (Å²) in [5, 5.41) is 5.87. The van der Waals surface area contributed by atoms with Crippen molar-refractivity contribution >= 4 is 56.0 Å². The van der Waals surface area contributed by atoms with Crippen LogP contribution in [0.3, 0.4) is 0 Å². The molecule has 0 spiro atoms. The first-order valence-electron chi connectivity index (χ1n) is 9.37. The summed E-state index contributed by atoms with van der Waals surface area (Å²) in [5.41, 5.74) is 4.15. The van der Waals surface area contributed by atoms with Gasteiger partial charge >= 0.3 is 0 Å². The zero-order valence-electron chi connectivity index (χ0n) is 16.7. The number of oxazole rings is 1. The molecule has 0 saturated heterocycles. The topological polar surface area (TPSA) is 76.4 Å². The normalized spacial score (nSPS) is 10.7. The van der Waals surface area contributed by atoms with E-state index in [1.165, 1.54) is 7.11 Å². The molecule has 0 unspecified atom stereocenters. The SMILES string of the molecule is COc1c(C)cc(Br)cc1C(=O)NC(=S)Nc1ccc2oc(-c3ccccc3)nc2c1. The molecule has 0 aliphatic carbocycles. The van der Waals surface area contributed by atoms with Crippen LogP contribution in [-0.4, -0.2) is 23.1 Å². The Kier molecular flexibility index (Phi) is 6.01. The van der Waals surface area contributed by atoms with Gasteiger partial charge in [-0.25, -0.2) is 4.98 Å². The summed E-state index contributed by atoms with van der Waals surface area (Å²) < 4.78 is 12.0. The highest BCUT2D eigenvalue weighted by Crippen LogP contribution is 2.28. The Labute approximate surface area is 192 Å². The number of amides is 1. The van der Waals surface area contributed by atoms with E-state index in [0.29, 0.717) is 34.0 Å². The van der Waals surface area contributed by atoms with Gasteiger partial charge in [0.15, 0.2) is 10.7 Å². The average Bonchev–Trinajstić information content (AvgIpc) is 3.17. The number of nitrogens with one attached hydrogen (secondary N) is 2. The van der Waals surface area contributed by atoms with Crippen LogP contribution < -0.4 is 15.4 Å². The monoisotopic (exact) mass is 495 g/mol. The molecule has 0 aliphatic rings. The number of methoxy groups -OCH3 is 1. The van der Waals surface area contributed by atoms with Crippen molar-refractivity contribution in [3.8, 4) is 17.2 Å². The lowest BCUT2D eigenvalue weighted by molar-refractivity contribution is 0.0974. The molecule has 4 rings (SSSR count). The number of ether oxygens (including phenoxy) is 1. The number of anilines is 1. The number of aryl methyl sites for hydroxylation is 1. The van der Waals surface area contributed by atoms with Crippen LogP contribution in [0.25, 0.3) is 22.6 Å². The fraction of sp³-hybridized carbons (Fsp3) is 0.0870. The van der Waals surface area contributed by atoms with Crippen molar-refractivity contribution in [2.75, 3.05) is 12.4 Å². The second kappa shape index (κ2) is 8.87. The molecular weight excluding hydrogens is 478 g/mol. The molecule has 0 radical (unpaired) electrons. The van der Waals surface area contributed by atoms with Crippen molar-refractivity contribution in [1.82, 2.24) is 10.3 Å². The number of halogens is 1. The van der Waals surface area contributed by atoms with Crippen LogP contribution in [0.5, 0.6) is 5.75 Å². The van der Waals surface area contributed by atoms with Crippen LogP contribution in [0.4, 0.5) is 5.69 Å². The lowest BCUT2D eigenvalue weighted by Crippen LogP contribution is -2.34. The predicted octanol–water partition coefficient (Wildman–Crippen LogP) is 5.70. The van der Waals surface area contributed by atoms with Crippen molar-refractivity contribution in [1.29, 1.82) is 0 Å². The van der Waals surface area contributed by atoms with Gasteiger partial charge in [-0.1, -0.05) is 34.1 Å². The molecule has 0 bridgehead atoms. The van der Waals surface area contributed by atoms with Crippen molar-refractivity contribution < 1.29 is 13.9 Å². The second-order valence-electron chi connectivity index (χ2n) is 6.78. The Morgan fingerprint density at radius 3 is 2.65 bits per heavy atom. The first kappa shape index (κ1) is 21.0. The van der Waals surface area contributed by atoms with E-state index < -0.39 is 0 Å². The van der Waals surface area contributed by atoms with Crippen LogP contribution in [-0.2, 0) is 0 Å². The minimum absolute atomic E-state index is 0.163. The Hall–Kier alpha value is -3.23. The number of fused-ring (bicyclic) bond motifs is 1. The number of carbonyl (C=O) groups is 1. The molecular formula is C23H18BrN3O3S. The van der Waals surface area contributed by atoms with Crippen LogP contribution >= 0.6 is 28.1 Å². The maximum absolute atomic E-state index is 12.7. The maximum atomic E-state index is 12.7. The lowest BCUT2D eigenvalue weighted by atomic mass is 10.1. The zero-order valence-corrected chi connectivity index (χ0v) is 19.1. The summed E-state index contributed by atoms with van der Waals surface area (Å²) in [5.74, 6) is 0.675. The predicted molar refractivity (Wildman–Crippen MR) is 129 cm³/mol. The van der Waals surface area contributed by atoms with Gasteiger partial charge < -0.3 is 14.5 Å². The number of hydrogen-bond donors (Lipinski definition) is 2. The molecule has 156 valence electrons. The lowest BCUT2D eigenvalue weighted by Gasteiger charge is -2.13. The molecule has 0 saturated carbocycles. The summed E-state index contributed by atoms with van der Waals surface area (Å²) >= 11 is 8.73. The zero-order chi connectivity index (χ0) is 22.0. The van der Waals surface area contributed by atoms with Gasteiger partial charge in [0, 0.05) is 15.7 Å². The average molecular weight is 496 g/mol. The number of hydrogen-bond acceptors (Lipinski definition) is 5. The Morgan fingerprint density at radius 2 is 1.90 bits per heavy atom.